The Balaban J connectivity index is 2.33. The van der Waals surface area contributed by atoms with Crippen LogP contribution in [-0.4, -0.2) is 15.1 Å². The van der Waals surface area contributed by atoms with Crippen LogP contribution < -0.4 is 0 Å². The number of rotatable bonds is 1. The van der Waals surface area contributed by atoms with Gasteiger partial charge in [0.1, 0.15) is 12.0 Å². The van der Waals surface area contributed by atoms with Gasteiger partial charge in [-0.15, -0.1) is 0 Å². The van der Waals surface area contributed by atoms with Crippen LogP contribution in [-0.2, 0) is 6.18 Å². The first-order valence-electron chi connectivity index (χ1n) is 3.87. The molecule has 0 aliphatic rings. The Hall–Kier alpha value is -1.92. The molecule has 0 atom stereocenters. The van der Waals surface area contributed by atoms with Crippen molar-refractivity contribution >= 4 is 0 Å². The van der Waals surface area contributed by atoms with Crippen LogP contribution in [0.25, 0.3) is 11.3 Å². The summed E-state index contributed by atoms with van der Waals surface area (Å²) in [6.45, 7) is 0. The summed E-state index contributed by atoms with van der Waals surface area (Å²) in [5.41, 5.74) is 0.764. The molecule has 2 aromatic heterocycles. The zero-order valence-electron chi connectivity index (χ0n) is 7.19. The molecule has 2 rings (SSSR count). The maximum absolute atomic E-state index is 12.1. The van der Waals surface area contributed by atoms with Crippen LogP contribution in [0.2, 0.25) is 0 Å². The fourth-order valence-corrected chi connectivity index (χ4v) is 0.968. The molecule has 0 bridgehead atoms. The van der Waals surface area contributed by atoms with Gasteiger partial charge in [-0.3, -0.25) is 0 Å². The summed E-state index contributed by atoms with van der Waals surface area (Å²) in [5.74, 6) is -1.17. The number of aromatic nitrogens is 3. The Bertz CT molecular complexity index is 435. The van der Waals surface area contributed by atoms with E-state index in [-0.39, 0.29) is 0 Å². The van der Waals surface area contributed by atoms with E-state index in [1.807, 2.05) is 0 Å². The number of hydrogen-bond acceptors (Lipinski definition) is 4. The van der Waals surface area contributed by atoms with Gasteiger partial charge in [0.15, 0.2) is 0 Å². The van der Waals surface area contributed by atoms with Crippen LogP contribution in [0.4, 0.5) is 13.2 Å². The van der Waals surface area contributed by atoms with Gasteiger partial charge in [-0.2, -0.15) is 13.2 Å². The summed E-state index contributed by atoms with van der Waals surface area (Å²) in [4.78, 5) is 6.38. The quantitative estimate of drug-likeness (QED) is 0.731. The molecule has 7 heteroatoms. The van der Waals surface area contributed by atoms with Gasteiger partial charge < -0.3 is 4.52 Å². The molecular formula is C8H4F3N3O. The molecule has 2 aromatic rings. The minimum absolute atomic E-state index is 0.372. The molecule has 0 saturated heterocycles. The van der Waals surface area contributed by atoms with Crippen LogP contribution in [0, 0.1) is 0 Å². The lowest BCUT2D eigenvalue weighted by atomic mass is 10.2. The maximum Gasteiger partial charge on any atom is 0.451 e. The molecule has 0 amide bonds. The zero-order chi connectivity index (χ0) is 10.9. The first-order valence-corrected chi connectivity index (χ1v) is 3.87. The summed E-state index contributed by atoms with van der Waals surface area (Å²) in [7, 11) is 0. The summed E-state index contributed by atoms with van der Waals surface area (Å²) in [5, 5.41) is 3.54. The molecule has 0 fully saturated rings. The van der Waals surface area contributed by atoms with Gasteiger partial charge in [0.05, 0.1) is 0 Å². The number of nitrogens with zero attached hydrogens (tertiary/aromatic N) is 3. The van der Waals surface area contributed by atoms with E-state index in [0.29, 0.717) is 11.3 Å². The highest BCUT2D eigenvalue weighted by Gasteiger charge is 2.34. The van der Waals surface area contributed by atoms with Gasteiger partial charge in [0.25, 0.3) is 0 Å². The van der Waals surface area contributed by atoms with Crippen molar-refractivity contribution in [3.63, 3.8) is 0 Å². The Morgan fingerprint density at radius 1 is 1.13 bits per heavy atom. The Morgan fingerprint density at radius 2 is 1.80 bits per heavy atom. The second-order valence-electron chi connectivity index (χ2n) is 2.68. The highest BCUT2D eigenvalue weighted by atomic mass is 19.4. The predicted molar refractivity (Wildman–Crippen MR) is 42.5 cm³/mol. The van der Waals surface area contributed by atoms with Crippen molar-refractivity contribution in [1.29, 1.82) is 0 Å². The van der Waals surface area contributed by atoms with Crippen LogP contribution in [0.5, 0.6) is 0 Å². The summed E-state index contributed by atoms with van der Waals surface area (Å²) >= 11 is 0. The number of hydrogen-bond donors (Lipinski definition) is 0. The Kier molecular flexibility index (Phi) is 2.14. The molecule has 0 N–H and O–H groups in total. The average molecular weight is 215 g/mol. The van der Waals surface area contributed by atoms with Crippen LogP contribution >= 0.6 is 0 Å². The SMILES string of the molecule is FC(F)(F)c1ncc(-c2ccon2)cn1. The third-order valence-corrected chi connectivity index (χ3v) is 1.64. The second kappa shape index (κ2) is 3.34. The zero-order valence-corrected chi connectivity index (χ0v) is 7.19. The van der Waals surface area contributed by atoms with Crippen molar-refractivity contribution in [3.8, 4) is 11.3 Å². The Morgan fingerprint density at radius 3 is 2.27 bits per heavy atom. The lowest BCUT2D eigenvalue weighted by molar-refractivity contribution is -0.144. The Labute approximate surface area is 81.8 Å². The van der Waals surface area contributed by atoms with E-state index in [4.69, 9.17) is 0 Å². The van der Waals surface area contributed by atoms with Crippen molar-refractivity contribution in [3.05, 3.63) is 30.5 Å². The molecule has 0 aromatic carbocycles. The molecule has 0 aliphatic carbocycles. The van der Waals surface area contributed by atoms with Crippen molar-refractivity contribution in [2.45, 2.75) is 6.18 Å². The standard InChI is InChI=1S/C8H4F3N3O/c9-8(10,11)7-12-3-5(4-13-7)6-1-2-15-14-6/h1-4H. The van der Waals surface area contributed by atoms with E-state index in [9.17, 15) is 13.2 Å². The molecule has 0 spiro atoms. The minimum Gasteiger partial charge on any atom is -0.364 e. The average Bonchev–Trinajstić information content (AvgIpc) is 2.69. The van der Waals surface area contributed by atoms with E-state index in [2.05, 4.69) is 19.6 Å². The van der Waals surface area contributed by atoms with Crippen molar-refractivity contribution in [2.75, 3.05) is 0 Å². The van der Waals surface area contributed by atoms with E-state index in [1.54, 1.807) is 0 Å². The van der Waals surface area contributed by atoms with E-state index in [1.165, 1.54) is 12.3 Å². The van der Waals surface area contributed by atoms with Crippen molar-refractivity contribution in [2.24, 2.45) is 0 Å². The highest BCUT2D eigenvalue weighted by Crippen LogP contribution is 2.26. The molecule has 0 unspecified atom stereocenters. The topological polar surface area (TPSA) is 51.8 Å². The third-order valence-electron chi connectivity index (χ3n) is 1.64. The molecular weight excluding hydrogens is 211 g/mol. The van der Waals surface area contributed by atoms with Crippen LogP contribution in [0.15, 0.2) is 29.2 Å². The molecule has 4 nitrogen and oxygen atoms in total. The molecule has 2 heterocycles. The highest BCUT2D eigenvalue weighted by molar-refractivity contribution is 5.55. The fraction of sp³-hybridized carbons (Fsp3) is 0.125. The smallest absolute Gasteiger partial charge is 0.364 e. The van der Waals surface area contributed by atoms with Gasteiger partial charge in [-0.25, -0.2) is 9.97 Å². The monoisotopic (exact) mass is 215 g/mol. The van der Waals surface area contributed by atoms with Gasteiger partial charge >= 0.3 is 6.18 Å². The molecule has 78 valence electrons. The van der Waals surface area contributed by atoms with Crippen molar-refractivity contribution in [1.82, 2.24) is 15.1 Å². The second-order valence-corrected chi connectivity index (χ2v) is 2.68. The fourth-order valence-electron chi connectivity index (χ4n) is 0.968. The molecule has 0 aliphatic heterocycles. The lowest BCUT2D eigenvalue weighted by Gasteiger charge is -2.03. The summed E-state index contributed by atoms with van der Waals surface area (Å²) in [6.07, 6.45) is -1.11. The van der Waals surface area contributed by atoms with Crippen LogP contribution in [0.3, 0.4) is 0 Å². The molecule has 15 heavy (non-hydrogen) atoms. The van der Waals surface area contributed by atoms with E-state index >= 15 is 0 Å². The normalized spacial score (nSPS) is 11.7. The largest absolute Gasteiger partial charge is 0.451 e. The molecule has 0 radical (unpaired) electrons. The van der Waals surface area contributed by atoms with Crippen LogP contribution in [0.1, 0.15) is 5.82 Å². The van der Waals surface area contributed by atoms with Gasteiger partial charge in [-0.1, -0.05) is 5.16 Å². The van der Waals surface area contributed by atoms with E-state index in [0.717, 1.165) is 12.4 Å². The first kappa shape index (κ1) is 9.63. The number of halogens is 3. The van der Waals surface area contributed by atoms with Crippen molar-refractivity contribution < 1.29 is 17.7 Å². The van der Waals surface area contributed by atoms with Gasteiger partial charge in [0, 0.05) is 24.0 Å². The predicted octanol–water partition coefficient (Wildman–Crippen LogP) is 2.15. The van der Waals surface area contributed by atoms with E-state index < -0.39 is 12.0 Å². The van der Waals surface area contributed by atoms with Gasteiger partial charge in [0.2, 0.25) is 5.82 Å². The number of alkyl halides is 3. The summed E-state index contributed by atoms with van der Waals surface area (Å²) < 4.78 is 40.8. The molecule has 0 saturated carbocycles. The maximum atomic E-state index is 12.1. The third kappa shape index (κ3) is 1.95. The minimum atomic E-state index is -4.53. The first-order chi connectivity index (χ1) is 7.07. The van der Waals surface area contributed by atoms with Gasteiger partial charge in [-0.05, 0) is 0 Å². The lowest BCUT2D eigenvalue weighted by Crippen LogP contribution is -2.10. The summed E-state index contributed by atoms with van der Waals surface area (Å²) in [6, 6.07) is 1.51.